The van der Waals surface area contributed by atoms with E-state index in [1.165, 1.54) is 0 Å². The van der Waals surface area contributed by atoms with Crippen LogP contribution in [0.1, 0.15) is 25.0 Å². The number of nitrogens with zero attached hydrogens (tertiary/aromatic N) is 2. The molecule has 0 saturated carbocycles. The van der Waals surface area contributed by atoms with E-state index in [9.17, 15) is 4.79 Å². The molecule has 2 heterocycles. The Bertz CT molecular complexity index is 760. The van der Waals surface area contributed by atoms with Gasteiger partial charge in [0, 0.05) is 32.1 Å². The van der Waals surface area contributed by atoms with E-state index in [4.69, 9.17) is 10.2 Å². The van der Waals surface area contributed by atoms with Crippen LogP contribution in [0, 0.1) is 5.92 Å². The van der Waals surface area contributed by atoms with Gasteiger partial charge in [0.1, 0.15) is 11.5 Å². The van der Waals surface area contributed by atoms with Gasteiger partial charge in [-0.3, -0.25) is 9.79 Å². The van der Waals surface area contributed by atoms with Gasteiger partial charge in [-0.15, -0.1) is 24.0 Å². The molecule has 7 heteroatoms. The monoisotopic (exact) mass is 482 g/mol. The van der Waals surface area contributed by atoms with Crippen LogP contribution in [-0.4, -0.2) is 36.9 Å². The Morgan fingerprint density at radius 2 is 2.07 bits per heavy atom. The van der Waals surface area contributed by atoms with Crippen molar-refractivity contribution < 1.29 is 9.21 Å². The number of hydrogen-bond donors (Lipinski definition) is 2. The van der Waals surface area contributed by atoms with E-state index in [0.717, 1.165) is 49.0 Å². The molecule has 1 saturated heterocycles. The van der Waals surface area contributed by atoms with Gasteiger partial charge in [-0.25, -0.2) is 0 Å². The Hall–Kier alpha value is -2.03. The molecule has 27 heavy (non-hydrogen) atoms. The molecule has 1 atom stereocenters. The standard InChI is InChI=1S/C20H26N4O2.HI/c1-22-20(24-11-5-6-15(14-24)12-19(21)25)23-13-17-9-10-18(26-17)16-7-3-2-4-8-16;/h2-4,7-10,15H,5-6,11-14H2,1H3,(H2,21,25)(H,22,23);1H. The highest BCUT2D eigenvalue weighted by atomic mass is 127. The molecule has 3 rings (SSSR count). The van der Waals surface area contributed by atoms with Crippen molar-refractivity contribution in [1.29, 1.82) is 0 Å². The summed E-state index contributed by atoms with van der Waals surface area (Å²) >= 11 is 0. The van der Waals surface area contributed by atoms with E-state index in [1.807, 2.05) is 42.5 Å². The lowest BCUT2D eigenvalue weighted by atomic mass is 9.95. The average molecular weight is 482 g/mol. The van der Waals surface area contributed by atoms with Gasteiger partial charge in [0.15, 0.2) is 5.96 Å². The molecule has 0 spiro atoms. The first-order chi connectivity index (χ1) is 12.7. The molecule has 1 aromatic carbocycles. The summed E-state index contributed by atoms with van der Waals surface area (Å²) < 4.78 is 5.93. The van der Waals surface area contributed by atoms with Crippen molar-refractivity contribution in [3.63, 3.8) is 0 Å². The highest BCUT2D eigenvalue weighted by Crippen LogP contribution is 2.22. The number of nitrogens with one attached hydrogen (secondary N) is 1. The third kappa shape index (κ3) is 5.98. The maximum absolute atomic E-state index is 11.2. The van der Waals surface area contributed by atoms with Crippen molar-refractivity contribution in [3.8, 4) is 11.3 Å². The lowest BCUT2D eigenvalue weighted by molar-refractivity contribution is -0.119. The first-order valence-corrected chi connectivity index (χ1v) is 9.03. The molecule has 2 aromatic rings. The topological polar surface area (TPSA) is 83.9 Å². The SMILES string of the molecule is CN=C(NCc1ccc(-c2ccccc2)o1)N1CCCC(CC(N)=O)C1.I. The van der Waals surface area contributed by atoms with Gasteiger partial charge in [0.25, 0.3) is 0 Å². The molecule has 1 aliphatic heterocycles. The number of likely N-dealkylation sites (tertiary alicyclic amines) is 1. The number of rotatable bonds is 5. The van der Waals surface area contributed by atoms with Crippen LogP contribution < -0.4 is 11.1 Å². The zero-order chi connectivity index (χ0) is 18.4. The van der Waals surface area contributed by atoms with E-state index in [0.29, 0.717) is 18.9 Å². The minimum atomic E-state index is -0.233. The van der Waals surface area contributed by atoms with Crippen LogP contribution in [-0.2, 0) is 11.3 Å². The fraction of sp³-hybridized carbons (Fsp3) is 0.400. The van der Waals surface area contributed by atoms with E-state index < -0.39 is 0 Å². The molecule has 1 fully saturated rings. The normalized spacial score (nSPS) is 17.3. The molecule has 1 amide bonds. The lowest BCUT2D eigenvalue weighted by Crippen LogP contribution is -2.46. The number of carbonyl (C=O) groups excluding carboxylic acids is 1. The molecule has 0 radical (unpaired) electrons. The van der Waals surface area contributed by atoms with Gasteiger partial charge in [-0.2, -0.15) is 0 Å². The Morgan fingerprint density at radius 1 is 1.30 bits per heavy atom. The number of guanidine groups is 1. The van der Waals surface area contributed by atoms with Gasteiger partial charge >= 0.3 is 0 Å². The Kier molecular flexibility index (Phi) is 8.15. The van der Waals surface area contributed by atoms with Crippen LogP contribution in [0.2, 0.25) is 0 Å². The Morgan fingerprint density at radius 3 is 2.78 bits per heavy atom. The third-order valence-electron chi connectivity index (χ3n) is 4.66. The van der Waals surface area contributed by atoms with Crippen LogP contribution in [0.15, 0.2) is 51.9 Å². The summed E-state index contributed by atoms with van der Waals surface area (Å²) in [5.74, 6) is 2.61. The Balaban J connectivity index is 0.00000261. The number of nitrogens with two attached hydrogens (primary N) is 1. The summed E-state index contributed by atoms with van der Waals surface area (Å²) in [7, 11) is 1.78. The van der Waals surface area contributed by atoms with Gasteiger partial charge in [0.05, 0.1) is 6.54 Å². The molecule has 1 aromatic heterocycles. The highest BCUT2D eigenvalue weighted by Gasteiger charge is 2.23. The van der Waals surface area contributed by atoms with Gasteiger partial charge in [-0.1, -0.05) is 30.3 Å². The average Bonchev–Trinajstić information content (AvgIpc) is 3.12. The maximum atomic E-state index is 11.2. The number of piperidine rings is 1. The molecule has 146 valence electrons. The fourth-order valence-corrected chi connectivity index (χ4v) is 3.44. The highest BCUT2D eigenvalue weighted by molar-refractivity contribution is 14.0. The van der Waals surface area contributed by atoms with Crippen LogP contribution in [0.5, 0.6) is 0 Å². The number of carbonyl (C=O) groups is 1. The number of primary amides is 1. The van der Waals surface area contributed by atoms with E-state index in [2.05, 4.69) is 15.2 Å². The molecular weight excluding hydrogens is 455 g/mol. The van der Waals surface area contributed by atoms with Gasteiger partial charge in [0.2, 0.25) is 5.91 Å². The Labute approximate surface area is 177 Å². The van der Waals surface area contributed by atoms with Crippen LogP contribution >= 0.6 is 24.0 Å². The fourth-order valence-electron chi connectivity index (χ4n) is 3.44. The predicted molar refractivity (Wildman–Crippen MR) is 118 cm³/mol. The predicted octanol–water partition coefficient (Wildman–Crippen LogP) is 3.23. The summed E-state index contributed by atoms with van der Waals surface area (Å²) in [5, 5.41) is 3.36. The summed E-state index contributed by atoms with van der Waals surface area (Å²) in [6, 6.07) is 14.0. The van der Waals surface area contributed by atoms with Crippen LogP contribution in [0.25, 0.3) is 11.3 Å². The lowest BCUT2D eigenvalue weighted by Gasteiger charge is -2.34. The zero-order valence-corrected chi connectivity index (χ0v) is 17.9. The summed E-state index contributed by atoms with van der Waals surface area (Å²) in [6.45, 7) is 2.30. The number of amides is 1. The molecule has 0 bridgehead atoms. The van der Waals surface area contributed by atoms with Crippen molar-refractivity contribution in [3.05, 3.63) is 48.2 Å². The molecule has 1 unspecified atom stereocenters. The van der Waals surface area contributed by atoms with Gasteiger partial charge in [-0.05, 0) is 30.9 Å². The summed E-state index contributed by atoms with van der Waals surface area (Å²) in [5.41, 5.74) is 6.41. The maximum Gasteiger partial charge on any atom is 0.217 e. The van der Waals surface area contributed by atoms with Crippen LogP contribution in [0.3, 0.4) is 0 Å². The van der Waals surface area contributed by atoms with E-state index >= 15 is 0 Å². The minimum absolute atomic E-state index is 0. The van der Waals surface area contributed by atoms with E-state index in [-0.39, 0.29) is 29.9 Å². The van der Waals surface area contributed by atoms with E-state index in [1.54, 1.807) is 7.05 Å². The number of aliphatic imine (C=N–C) groups is 1. The number of benzene rings is 1. The second-order valence-corrected chi connectivity index (χ2v) is 6.66. The largest absolute Gasteiger partial charge is 0.459 e. The first-order valence-electron chi connectivity index (χ1n) is 9.03. The van der Waals surface area contributed by atoms with Crippen LogP contribution in [0.4, 0.5) is 0 Å². The van der Waals surface area contributed by atoms with Crippen molar-refractivity contribution in [2.75, 3.05) is 20.1 Å². The smallest absolute Gasteiger partial charge is 0.217 e. The third-order valence-corrected chi connectivity index (χ3v) is 4.66. The minimum Gasteiger partial charge on any atom is -0.459 e. The number of furan rings is 1. The zero-order valence-electron chi connectivity index (χ0n) is 15.6. The molecule has 6 nitrogen and oxygen atoms in total. The summed E-state index contributed by atoms with van der Waals surface area (Å²) in [4.78, 5) is 17.8. The van der Waals surface area contributed by atoms with Crippen molar-refractivity contribution in [2.24, 2.45) is 16.6 Å². The van der Waals surface area contributed by atoms with Crippen molar-refractivity contribution >= 4 is 35.8 Å². The van der Waals surface area contributed by atoms with Crippen molar-refractivity contribution in [2.45, 2.75) is 25.8 Å². The molecule has 3 N–H and O–H groups in total. The number of hydrogen-bond acceptors (Lipinski definition) is 3. The summed E-state index contributed by atoms with van der Waals surface area (Å²) in [6.07, 6.45) is 2.51. The second kappa shape index (κ2) is 10.3. The second-order valence-electron chi connectivity index (χ2n) is 6.66. The molecule has 0 aliphatic carbocycles. The molecular formula is C20H27IN4O2. The first kappa shape index (κ1) is 21.3. The number of halogens is 1. The van der Waals surface area contributed by atoms with Gasteiger partial charge < -0.3 is 20.4 Å². The molecule has 1 aliphatic rings. The van der Waals surface area contributed by atoms with Crippen molar-refractivity contribution in [1.82, 2.24) is 10.2 Å². The quantitative estimate of drug-likeness (QED) is 0.390.